The highest BCUT2D eigenvalue weighted by Crippen LogP contribution is 2.28. The molecule has 8 nitrogen and oxygen atoms in total. The fourth-order valence-corrected chi connectivity index (χ4v) is 1.96. The molecule has 2 heterocycles. The Bertz CT molecular complexity index is 846. The van der Waals surface area contributed by atoms with E-state index in [1.165, 1.54) is 17.9 Å². The van der Waals surface area contributed by atoms with Gasteiger partial charge in [-0.15, -0.1) is 10.2 Å². The lowest BCUT2D eigenvalue weighted by Crippen LogP contribution is -2.29. The summed E-state index contributed by atoms with van der Waals surface area (Å²) in [4.78, 5) is 11.9. The third kappa shape index (κ3) is 3.21. The number of hydrogen-bond donors (Lipinski definition) is 2. The van der Waals surface area contributed by atoms with Gasteiger partial charge in [0.05, 0.1) is 11.3 Å². The van der Waals surface area contributed by atoms with Crippen LogP contribution in [0.2, 0.25) is 0 Å². The third-order valence-corrected chi connectivity index (χ3v) is 3.01. The van der Waals surface area contributed by atoms with Gasteiger partial charge in [-0.2, -0.15) is 5.10 Å². The van der Waals surface area contributed by atoms with E-state index in [1.54, 1.807) is 24.3 Å². The average molecular weight is 334 g/mol. The van der Waals surface area contributed by atoms with Crippen molar-refractivity contribution in [3.05, 3.63) is 48.1 Å². The summed E-state index contributed by atoms with van der Waals surface area (Å²) in [5.41, 5.74) is 5.17. The summed E-state index contributed by atoms with van der Waals surface area (Å²) in [7, 11) is 1.49. The summed E-state index contributed by atoms with van der Waals surface area (Å²) < 4.78 is 32.3. The number of benzene rings is 1. The Morgan fingerprint density at radius 1 is 1.25 bits per heavy atom. The highest BCUT2D eigenvalue weighted by molar-refractivity contribution is 5.90. The summed E-state index contributed by atoms with van der Waals surface area (Å²) in [5, 5.41) is 10.8. The van der Waals surface area contributed by atoms with Crippen molar-refractivity contribution < 1.29 is 18.0 Å². The predicted octanol–water partition coefficient (Wildman–Crippen LogP) is 2.16. The van der Waals surface area contributed by atoms with E-state index in [9.17, 15) is 13.6 Å². The Hall–Kier alpha value is -3.30. The van der Waals surface area contributed by atoms with E-state index in [2.05, 4.69) is 26.1 Å². The van der Waals surface area contributed by atoms with Crippen molar-refractivity contribution >= 4 is 11.6 Å². The van der Waals surface area contributed by atoms with Crippen LogP contribution in [0.3, 0.4) is 0 Å². The number of aromatic nitrogens is 4. The van der Waals surface area contributed by atoms with Gasteiger partial charge < -0.3 is 4.42 Å². The molecule has 0 aliphatic heterocycles. The number of carbonyl (C=O) groups excluding carboxylic acids is 1. The summed E-state index contributed by atoms with van der Waals surface area (Å²) in [5.74, 6) is -1.26. The quantitative estimate of drug-likeness (QED) is 0.694. The van der Waals surface area contributed by atoms with Gasteiger partial charge in [0.25, 0.3) is 12.3 Å². The Balaban J connectivity index is 1.74. The number of hydrogen-bond acceptors (Lipinski definition) is 6. The largest absolute Gasteiger partial charge is 0.412 e. The molecule has 0 fully saturated rings. The van der Waals surface area contributed by atoms with Crippen molar-refractivity contribution in [2.24, 2.45) is 7.05 Å². The van der Waals surface area contributed by atoms with Crippen molar-refractivity contribution in [2.45, 2.75) is 6.43 Å². The van der Waals surface area contributed by atoms with Gasteiger partial charge in [0.2, 0.25) is 0 Å². The second kappa shape index (κ2) is 6.44. The maximum absolute atomic E-state index is 12.9. The van der Waals surface area contributed by atoms with Crippen LogP contribution in [0.25, 0.3) is 11.5 Å². The van der Waals surface area contributed by atoms with E-state index in [4.69, 9.17) is 4.42 Å². The number of nitrogens with zero attached hydrogens (tertiary/aromatic N) is 4. The second-order valence-electron chi connectivity index (χ2n) is 4.76. The number of halogens is 2. The molecule has 0 saturated carbocycles. The predicted molar refractivity (Wildman–Crippen MR) is 79.0 cm³/mol. The summed E-state index contributed by atoms with van der Waals surface area (Å²) >= 11 is 0. The van der Waals surface area contributed by atoms with Gasteiger partial charge in [0.15, 0.2) is 0 Å². The summed E-state index contributed by atoms with van der Waals surface area (Å²) in [6, 6.07) is 8.88. The first kappa shape index (κ1) is 15.6. The van der Waals surface area contributed by atoms with Crippen LogP contribution < -0.4 is 10.9 Å². The van der Waals surface area contributed by atoms with Crippen molar-refractivity contribution in [1.29, 1.82) is 0 Å². The smallest absolute Gasteiger partial charge is 0.327 e. The van der Waals surface area contributed by atoms with E-state index in [0.717, 1.165) is 0 Å². The van der Waals surface area contributed by atoms with Crippen molar-refractivity contribution in [3.63, 3.8) is 0 Å². The van der Waals surface area contributed by atoms with Crippen molar-refractivity contribution in [3.8, 4) is 11.5 Å². The molecule has 0 unspecified atom stereocenters. The highest BCUT2D eigenvalue weighted by Gasteiger charge is 2.24. The number of nitrogens with one attached hydrogen (secondary N) is 2. The van der Waals surface area contributed by atoms with E-state index in [0.29, 0.717) is 5.69 Å². The van der Waals surface area contributed by atoms with Crippen LogP contribution in [-0.2, 0) is 7.05 Å². The Morgan fingerprint density at radius 3 is 2.71 bits per heavy atom. The van der Waals surface area contributed by atoms with Crippen LogP contribution >= 0.6 is 0 Å². The minimum Gasteiger partial charge on any atom is -0.412 e. The molecule has 0 spiro atoms. The zero-order valence-electron chi connectivity index (χ0n) is 12.4. The molecular formula is C14H12F2N6O2. The SMILES string of the molecule is Cn1cc(-c2nnc(C(=O)NNc3ccccc3)o2)c(C(F)F)n1. The van der Waals surface area contributed by atoms with Crippen LogP contribution in [-0.4, -0.2) is 25.9 Å². The summed E-state index contributed by atoms with van der Waals surface area (Å²) in [6.07, 6.45) is -1.48. The van der Waals surface area contributed by atoms with E-state index in [-0.39, 0.29) is 17.3 Å². The zero-order chi connectivity index (χ0) is 17.1. The lowest BCUT2D eigenvalue weighted by Gasteiger charge is -2.05. The molecule has 0 radical (unpaired) electrons. The second-order valence-corrected chi connectivity index (χ2v) is 4.76. The molecule has 0 aliphatic carbocycles. The number of rotatable bonds is 5. The standard InChI is InChI=1S/C14H12F2N6O2/c1-22-7-9(10(21-22)11(15)16)13-19-20-14(24-13)12(23)18-17-8-5-3-2-4-6-8/h2-7,11,17H,1H3,(H,18,23). The number of aryl methyl sites for hydroxylation is 1. The Kier molecular flexibility index (Phi) is 4.18. The first-order chi connectivity index (χ1) is 11.5. The molecule has 10 heteroatoms. The fraction of sp³-hybridized carbons (Fsp3) is 0.143. The molecule has 124 valence electrons. The van der Waals surface area contributed by atoms with Gasteiger partial charge in [-0.3, -0.25) is 20.3 Å². The molecule has 1 aromatic carbocycles. The van der Waals surface area contributed by atoms with Gasteiger partial charge in [-0.1, -0.05) is 18.2 Å². The molecule has 1 amide bonds. The number of hydrazine groups is 1. The minimum atomic E-state index is -2.80. The zero-order valence-corrected chi connectivity index (χ0v) is 12.4. The van der Waals surface area contributed by atoms with Gasteiger partial charge in [-0.25, -0.2) is 8.78 Å². The van der Waals surface area contributed by atoms with E-state index in [1.807, 2.05) is 6.07 Å². The molecular weight excluding hydrogens is 322 g/mol. The summed E-state index contributed by atoms with van der Waals surface area (Å²) in [6.45, 7) is 0. The average Bonchev–Trinajstić information content (AvgIpc) is 3.20. The topological polar surface area (TPSA) is 97.9 Å². The molecule has 0 saturated heterocycles. The molecule has 0 aliphatic rings. The maximum atomic E-state index is 12.9. The Labute approximate surface area is 134 Å². The van der Waals surface area contributed by atoms with Gasteiger partial charge >= 0.3 is 11.8 Å². The van der Waals surface area contributed by atoms with Crippen LogP contribution in [0.5, 0.6) is 0 Å². The number of para-hydroxylation sites is 1. The van der Waals surface area contributed by atoms with Crippen LogP contribution in [0, 0.1) is 0 Å². The Morgan fingerprint density at radius 2 is 2.00 bits per heavy atom. The van der Waals surface area contributed by atoms with Crippen molar-refractivity contribution in [1.82, 2.24) is 25.4 Å². The van der Waals surface area contributed by atoms with Gasteiger partial charge in [-0.05, 0) is 12.1 Å². The maximum Gasteiger partial charge on any atom is 0.327 e. The first-order valence-electron chi connectivity index (χ1n) is 6.81. The highest BCUT2D eigenvalue weighted by atomic mass is 19.3. The molecule has 2 N–H and O–H groups in total. The van der Waals surface area contributed by atoms with Crippen LogP contribution in [0.1, 0.15) is 22.8 Å². The van der Waals surface area contributed by atoms with Crippen LogP contribution in [0.4, 0.5) is 14.5 Å². The van der Waals surface area contributed by atoms with E-state index >= 15 is 0 Å². The fourth-order valence-electron chi connectivity index (χ4n) is 1.96. The number of carbonyl (C=O) groups is 1. The monoisotopic (exact) mass is 334 g/mol. The first-order valence-corrected chi connectivity index (χ1v) is 6.81. The normalized spacial score (nSPS) is 10.8. The third-order valence-electron chi connectivity index (χ3n) is 3.01. The molecule has 3 aromatic rings. The lowest BCUT2D eigenvalue weighted by atomic mass is 10.2. The van der Waals surface area contributed by atoms with Crippen LogP contribution in [0.15, 0.2) is 40.9 Å². The number of alkyl halides is 2. The molecule has 3 rings (SSSR count). The van der Waals surface area contributed by atoms with Gasteiger partial charge in [0, 0.05) is 13.2 Å². The minimum absolute atomic E-state index is 0.0185. The molecule has 0 bridgehead atoms. The van der Waals surface area contributed by atoms with E-state index < -0.39 is 18.0 Å². The molecule has 2 aromatic heterocycles. The lowest BCUT2D eigenvalue weighted by molar-refractivity contribution is 0.0929. The van der Waals surface area contributed by atoms with Crippen molar-refractivity contribution in [2.75, 3.05) is 5.43 Å². The number of anilines is 1. The number of amides is 1. The molecule has 24 heavy (non-hydrogen) atoms. The molecule has 0 atom stereocenters. The van der Waals surface area contributed by atoms with Gasteiger partial charge in [0.1, 0.15) is 5.69 Å².